The number of carbonyl (C=O) groups is 1. The predicted molar refractivity (Wildman–Crippen MR) is 120 cm³/mol. The lowest BCUT2D eigenvalue weighted by Crippen LogP contribution is -2.26. The summed E-state index contributed by atoms with van der Waals surface area (Å²) in [6.45, 7) is 8.39. The van der Waals surface area contributed by atoms with Gasteiger partial charge in [-0.15, -0.1) is 18.3 Å². The Bertz CT molecular complexity index is 606. The number of aliphatic imine (C=N–C) groups is 1. The summed E-state index contributed by atoms with van der Waals surface area (Å²) in [4.78, 5) is 16.4. The van der Waals surface area contributed by atoms with Gasteiger partial charge in [-0.2, -0.15) is 0 Å². The molecule has 2 N–H and O–H groups in total. The van der Waals surface area contributed by atoms with E-state index in [2.05, 4.69) is 13.5 Å². The molecule has 2 aliphatic rings. The summed E-state index contributed by atoms with van der Waals surface area (Å²) in [6.07, 6.45) is 11.5. The van der Waals surface area contributed by atoms with E-state index in [0.717, 1.165) is 49.3 Å². The topological polar surface area (TPSA) is 79.1 Å². The van der Waals surface area contributed by atoms with Gasteiger partial charge >= 0.3 is 5.97 Å². The summed E-state index contributed by atoms with van der Waals surface area (Å²) in [7, 11) is 0. The quantitative estimate of drug-likeness (QED) is 0.278. The smallest absolute Gasteiger partial charge is 0.305 e. The Morgan fingerprint density at radius 1 is 1.41 bits per heavy atom. The zero-order chi connectivity index (χ0) is 21.3. The minimum absolute atomic E-state index is 0.0183. The van der Waals surface area contributed by atoms with Crippen molar-refractivity contribution < 1.29 is 19.7 Å². The molecule has 1 aliphatic carbocycles. The largest absolute Gasteiger partial charge is 0.466 e. The van der Waals surface area contributed by atoms with Crippen molar-refractivity contribution in [2.45, 2.75) is 83.0 Å². The maximum Gasteiger partial charge on any atom is 0.305 e. The summed E-state index contributed by atoms with van der Waals surface area (Å²) < 4.78 is 4.96. The number of rotatable bonds is 12. The van der Waals surface area contributed by atoms with Crippen LogP contribution >= 0.6 is 11.8 Å². The molecule has 0 bridgehead atoms. The van der Waals surface area contributed by atoms with E-state index in [4.69, 9.17) is 9.73 Å². The zero-order valence-electron chi connectivity index (χ0n) is 17.9. The number of fused-ring (bicyclic) bond motifs is 1. The molecule has 0 aromatic carbocycles. The highest BCUT2D eigenvalue weighted by Gasteiger charge is 2.54. The molecule has 1 heterocycles. The first-order chi connectivity index (χ1) is 14.0. The molecule has 0 spiro atoms. The highest BCUT2D eigenvalue weighted by atomic mass is 32.2. The number of esters is 1. The first-order valence-corrected chi connectivity index (χ1v) is 12.0. The zero-order valence-corrected chi connectivity index (χ0v) is 18.7. The van der Waals surface area contributed by atoms with Crippen molar-refractivity contribution >= 4 is 22.8 Å². The van der Waals surface area contributed by atoms with Crippen LogP contribution in [0.15, 0.2) is 29.8 Å². The Kier molecular flexibility index (Phi) is 9.93. The third-order valence-electron chi connectivity index (χ3n) is 5.93. The van der Waals surface area contributed by atoms with Crippen LogP contribution in [0.2, 0.25) is 0 Å². The molecule has 1 aliphatic heterocycles. The van der Waals surface area contributed by atoms with Crippen molar-refractivity contribution in [2.24, 2.45) is 16.8 Å². The molecular weight excluding hydrogens is 386 g/mol. The number of ether oxygens (including phenoxy) is 1. The maximum atomic E-state index is 11.5. The Hall–Kier alpha value is -1.11. The summed E-state index contributed by atoms with van der Waals surface area (Å²) in [6, 6.07) is 0. The second-order valence-electron chi connectivity index (χ2n) is 8.07. The third kappa shape index (κ3) is 6.69. The van der Waals surface area contributed by atoms with Gasteiger partial charge < -0.3 is 14.9 Å². The molecular formula is C23H37NO4S. The summed E-state index contributed by atoms with van der Waals surface area (Å²) >= 11 is 1.70. The lowest BCUT2D eigenvalue weighted by molar-refractivity contribution is -0.143. The number of thioether (sulfide) groups is 1. The number of unbranched alkanes of at least 4 members (excludes halogenated alkanes) is 2. The average Bonchev–Trinajstić information content (AvgIpc) is 3.16. The molecule has 0 aromatic heterocycles. The van der Waals surface area contributed by atoms with Crippen LogP contribution in [0.4, 0.5) is 0 Å². The predicted octanol–water partition coefficient (Wildman–Crippen LogP) is 4.28. The number of hydrogen-bond donors (Lipinski definition) is 2. The van der Waals surface area contributed by atoms with Crippen molar-refractivity contribution in [2.75, 3.05) is 12.4 Å². The van der Waals surface area contributed by atoms with Gasteiger partial charge in [0.25, 0.3) is 0 Å². The van der Waals surface area contributed by atoms with Crippen LogP contribution < -0.4 is 0 Å². The van der Waals surface area contributed by atoms with Crippen LogP contribution in [0.3, 0.4) is 0 Å². The third-order valence-corrected chi connectivity index (χ3v) is 7.01. The molecule has 0 saturated heterocycles. The highest BCUT2D eigenvalue weighted by Crippen LogP contribution is 2.51. The minimum atomic E-state index is -0.462. The van der Waals surface area contributed by atoms with Crippen LogP contribution in [-0.2, 0) is 9.53 Å². The molecule has 164 valence electrons. The molecule has 5 nitrogen and oxygen atoms in total. The molecule has 0 amide bonds. The van der Waals surface area contributed by atoms with Gasteiger partial charge in [0, 0.05) is 31.1 Å². The Morgan fingerprint density at radius 3 is 2.90 bits per heavy atom. The number of carbonyl (C=O) groups excluding carboxylic acids is 1. The Morgan fingerprint density at radius 2 is 2.21 bits per heavy atom. The molecule has 6 heteroatoms. The Labute approximate surface area is 179 Å². The van der Waals surface area contributed by atoms with Gasteiger partial charge in [0.05, 0.1) is 29.4 Å². The number of aliphatic hydroxyl groups excluding tert-OH is 2. The number of hydrogen-bond acceptors (Lipinski definition) is 6. The molecule has 29 heavy (non-hydrogen) atoms. The molecule has 0 aromatic rings. The molecule has 5 unspecified atom stereocenters. The van der Waals surface area contributed by atoms with E-state index in [1.54, 1.807) is 11.8 Å². The molecule has 1 fully saturated rings. The van der Waals surface area contributed by atoms with E-state index < -0.39 is 17.7 Å². The fraction of sp³-hybridized carbons (Fsp3) is 0.739. The number of aliphatic hydroxyl groups is 2. The normalized spacial score (nSPS) is 29.7. The fourth-order valence-corrected chi connectivity index (χ4v) is 5.42. The summed E-state index contributed by atoms with van der Waals surface area (Å²) in [5, 5.41) is 21.9. The minimum Gasteiger partial charge on any atom is -0.466 e. The van der Waals surface area contributed by atoms with Crippen LogP contribution in [-0.4, -0.2) is 51.3 Å². The van der Waals surface area contributed by atoms with Crippen molar-refractivity contribution in [3.63, 3.8) is 0 Å². The van der Waals surface area contributed by atoms with Gasteiger partial charge in [0.2, 0.25) is 0 Å². The monoisotopic (exact) mass is 423 g/mol. The van der Waals surface area contributed by atoms with Crippen LogP contribution in [0.5, 0.6) is 0 Å². The second-order valence-corrected chi connectivity index (χ2v) is 9.23. The molecule has 2 rings (SSSR count). The van der Waals surface area contributed by atoms with Gasteiger partial charge in [0.1, 0.15) is 0 Å². The standard InChI is InChI=1S/C23H37NO4S/c1-4-7-8-10-17(25)12-13-18-19-15-21(24-23(19,5-2)16-20(18)26)29-14-9-11-22(27)28-6-3/h5,12-13,17-20,25-26H,2,4,6-11,14-16H2,1,3H3. The first kappa shape index (κ1) is 24.2. The molecule has 0 radical (unpaired) electrons. The summed E-state index contributed by atoms with van der Waals surface area (Å²) in [5.41, 5.74) is -0.412. The van der Waals surface area contributed by atoms with E-state index in [-0.39, 0.29) is 17.8 Å². The molecule has 5 atom stereocenters. The van der Waals surface area contributed by atoms with Gasteiger partial charge in [-0.05, 0) is 25.5 Å². The van der Waals surface area contributed by atoms with Crippen molar-refractivity contribution in [3.8, 4) is 0 Å². The van der Waals surface area contributed by atoms with Crippen molar-refractivity contribution in [1.29, 1.82) is 0 Å². The maximum absolute atomic E-state index is 11.5. The lowest BCUT2D eigenvalue weighted by atomic mass is 9.83. The second kappa shape index (κ2) is 11.9. The van der Waals surface area contributed by atoms with Gasteiger partial charge in [0.15, 0.2) is 0 Å². The van der Waals surface area contributed by atoms with Gasteiger partial charge in [-0.1, -0.05) is 44.4 Å². The van der Waals surface area contributed by atoms with E-state index in [9.17, 15) is 15.0 Å². The fourth-order valence-electron chi connectivity index (χ4n) is 4.36. The first-order valence-electron chi connectivity index (χ1n) is 11.0. The van der Waals surface area contributed by atoms with E-state index in [0.29, 0.717) is 19.4 Å². The van der Waals surface area contributed by atoms with E-state index >= 15 is 0 Å². The SMILES string of the molecule is C=CC12CC(O)C(C=CC(O)CCCCC)C1CC(SCCCC(=O)OCC)=N2. The van der Waals surface area contributed by atoms with Crippen LogP contribution in [0, 0.1) is 11.8 Å². The van der Waals surface area contributed by atoms with Crippen LogP contribution in [0.25, 0.3) is 0 Å². The van der Waals surface area contributed by atoms with Gasteiger partial charge in [-0.25, -0.2) is 0 Å². The van der Waals surface area contributed by atoms with Crippen LogP contribution in [0.1, 0.15) is 65.2 Å². The van der Waals surface area contributed by atoms with E-state index in [1.165, 1.54) is 0 Å². The van der Waals surface area contributed by atoms with Crippen molar-refractivity contribution in [1.82, 2.24) is 0 Å². The number of nitrogens with zero attached hydrogens (tertiary/aromatic N) is 1. The highest BCUT2D eigenvalue weighted by molar-refractivity contribution is 8.13. The van der Waals surface area contributed by atoms with Crippen molar-refractivity contribution in [3.05, 3.63) is 24.8 Å². The summed E-state index contributed by atoms with van der Waals surface area (Å²) in [5.74, 6) is 0.847. The Balaban J connectivity index is 1.90. The van der Waals surface area contributed by atoms with E-state index in [1.807, 2.05) is 25.2 Å². The lowest BCUT2D eigenvalue weighted by Gasteiger charge is -2.23. The average molecular weight is 424 g/mol. The van der Waals surface area contributed by atoms with Gasteiger partial charge in [-0.3, -0.25) is 9.79 Å². The molecule has 1 saturated carbocycles.